The van der Waals surface area contributed by atoms with Crippen molar-refractivity contribution in [3.05, 3.63) is 11.6 Å². The van der Waals surface area contributed by atoms with Crippen LogP contribution in [0.2, 0.25) is 0 Å². The van der Waals surface area contributed by atoms with E-state index in [0.29, 0.717) is 6.04 Å². The van der Waals surface area contributed by atoms with Gasteiger partial charge in [-0.2, -0.15) is 0 Å². The van der Waals surface area contributed by atoms with Gasteiger partial charge >= 0.3 is 0 Å². The lowest BCUT2D eigenvalue weighted by atomic mass is 10.2. The van der Waals surface area contributed by atoms with Gasteiger partial charge in [0.05, 0.1) is 0 Å². The smallest absolute Gasteiger partial charge is 0.185 e. The maximum atomic E-state index is 5.77. The average molecular weight is 240 g/mol. The molecule has 1 saturated heterocycles. The Hall–Kier alpha value is -0.650. The molecule has 1 fully saturated rings. The van der Waals surface area contributed by atoms with E-state index in [2.05, 4.69) is 21.7 Å². The SMILES string of the molecule is CC(N)CCN1CCN(c2nccs2)CC1. The lowest BCUT2D eigenvalue weighted by molar-refractivity contribution is 0.250. The normalized spacial score (nSPS) is 20.0. The minimum atomic E-state index is 0.317. The highest BCUT2D eigenvalue weighted by atomic mass is 32.1. The van der Waals surface area contributed by atoms with Crippen LogP contribution in [0, 0.1) is 0 Å². The zero-order valence-electron chi connectivity index (χ0n) is 9.80. The van der Waals surface area contributed by atoms with Crippen molar-refractivity contribution in [1.82, 2.24) is 9.88 Å². The number of piperazine rings is 1. The molecule has 1 unspecified atom stereocenters. The molecule has 2 heterocycles. The molecule has 0 amide bonds. The molecule has 0 aliphatic carbocycles. The number of nitrogens with zero attached hydrogens (tertiary/aromatic N) is 3. The number of thiazole rings is 1. The van der Waals surface area contributed by atoms with E-state index in [-0.39, 0.29) is 0 Å². The van der Waals surface area contributed by atoms with E-state index in [1.54, 1.807) is 11.3 Å². The average Bonchev–Trinajstić information content (AvgIpc) is 2.80. The minimum Gasteiger partial charge on any atom is -0.346 e. The van der Waals surface area contributed by atoms with E-state index in [9.17, 15) is 0 Å². The van der Waals surface area contributed by atoms with Crippen molar-refractivity contribution in [2.75, 3.05) is 37.6 Å². The Morgan fingerprint density at radius 1 is 1.44 bits per heavy atom. The van der Waals surface area contributed by atoms with Crippen molar-refractivity contribution in [2.45, 2.75) is 19.4 Å². The summed E-state index contributed by atoms with van der Waals surface area (Å²) in [4.78, 5) is 9.21. The molecule has 0 spiro atoms. The summed E-state index contributed by atoms with van der Waals surface area (Å²) in [6.45, 7) is 7.65. The van der Waals surface area contributed by atoms with Gasteiger partial charge in [0.15, 0.2) is 5.13 Å². The van der Waals surface area contributed by atoms with Crippen LogP contribution in [0.5, 0.6) is 0 Å². The number of hydrogen-bond donors (Lipinski definition) is 1. The number of rotatable bonds is 4. The first-order chi connectivity index (χ1) is 7.75. The number of aromatic nitrogens is 1. The Morgan fingerprint density at radius 3 is 2.75 bits per heavy atom. The zero-order chi connectivity index (χ0) is 11.4. The fraction of sp³-hybridized carbons (Fsp3) is 0.727. The molecule has 1 aromatic heterocycles. The Bertz CT molecular complexity index is 291. The van der Waals surface area contributed by atoms with E-state index in [4.69, 9.17) is 5.73 Å². The highest BCUT2D eigenvalue weighted by Gasteiger charge is 2.18. The van der Waals surface area contributed by atoms with Crippen LogP contribution in [0.4, 0.5) is 5.13 Å². The van der Waals surface area contributed by atoms with Gasteiger partial charge in [-0.25, -0.2) is 4.98 Å². The third kappa shape index (κ3) is 3.17. The predicted octanol–water partition coefficient (Wildman–Crippen LogP) is 1.00. The van der Waals surface area contributed by atoms with Gasteiger partial charge in [0.1, 0.15) is 0 Å². The fourth-order valence-corrected chi connectivity index (χ4v) is 2.62. The maximum Gasteiger partial charge on any atom is 0.185 e. The monoisotopic (exact) mass is 240 g/mol. The van der Waals surface area contributed by atoms with Gasteiger partial charge in [-0.05, 0) is 19.9 Å². The molecule has 2 N–H and O–H groups in total. The van der Waals surface area contributed by atoms with Crippen LogP contribution in [0.25, 0.3) is 0 Å². The van der Waals surface area contributed by atoms with Gasteiger partial charge in [0.25, 0.3) is 0 Å². The second kappa shape index (κ2) is 5.61. The number of hydrogen-bond acceptors (Lipinski definition) is 5. The minimum absolute atomic E-state index is 0.317. The van der Waals surface area contributed by atoms with Gasteiger partial charge in [0, 0.05) is 43.8 Å². The molecular formula is C11H20N4S. The molecule has 1 aliphatic rings. The third-order valence-corrected chi connectivity index (χ3v) is 3.79. The third-order valence-electron chi connectivity index (χ3n) is 2.96. The Balaban J connectivity index is 1.74. The molecule has 5 heteroatoms. The van der Waals surface area contributed by atoms with Crippen molar-refractivity contribution < 1.29 is 0 Å². The molecule has 2 rings (SSSR count). The molecule has 16 heavy (non-hydrogen) atoms. The number of nitrogens with two attached hydrogens (primary N) is 1. The quantitative estimate of drug-likeness (QED) is 0.853. The van der Waals surface area contributed by atoms with Crippen LogP contribution in [-0.2, 0) is 0 Å². The molecule has 1 aromatic rings. The first kappa shape index (κ1) is 11.8. The van der Waals surface area contributed by atoms with Crippen molar-refractivity contribution >= 4 is 16.5 Å². The summed E-state index contributed by atoms with van der Waals surface area (Å²) in [5.74, 6) is 0. The Kier molecular flexibility index (Phi) is 4.15. The van der Waals surface area contributed by atoms with Crippen molar-refractivity contribution in [2.24, 2.45) is 5.73 Å². The second-order valence-corrected chi connectivity index (χ2v) is 5.28. The van der Waals surface area contributed by atoms with Crippen molar-refractivity contribution in [3.8, 4) is 0 Å². The molecule has 0 bridgehead atoms. The van der Waals surface area contributed by atoms with Crippen LogP contribution < -0.4 is 10.6 Å². The lowest BCUT2D eigenvalue weighted by Crippen LogP contribution is -2.47. The highest BCUT2D eigenvalue weighted by molar-refractivity contribution is 7.13. The van der Waals surface area contributed by atoms with E-state index in [1.807, 2.05) is 11.6 Å². The summed E-state index contributed by atoms with van der Waals surface area (Å²) in [7, 11) is 0. The predicted molar refractivity (Wildman–Crippen MR) is 69.0 cm³/mol. The van der Waals surface area contributed by atoms with Gasteiger partial charge in [-0.1, -0.05) is 0 Å². The molecule has 4 nitrogen and oxygen atoms in total. The topological polar surface area (TPSA) is 45.4 Å². The van der Waals surface area contributed by atoms with Crippen LogP contribution in [0.1, 0.15) is 13.3 Å². The van der Waals surface area contributed by atoms with E-state index in [0.717, 1.165) is 44.3 Å². The summed E-state index contributed by atoms with van der Waals surface area (Å²) in [5, 5.41) is 3.20. The van der Waals surface area contributed by atoms with Gasteiger partial charge < -0.3 is 10.6 Å². The summed E-state index contributed by atoms with van der Waals surface area (Å²) in [6, 6.07) is 0.317. The fourth-order valence-electron chi connectivity index (χ4n) is 1.92. The van der Waals surface area contributed by atoms with Gasteiger partial charge in [-0.3, -0.25) is 4.90 Å². The first-order valence-electron chi connectivity index (χ1n) is 5.88. The van der Waals surface area contributed by atoms with E-state index < -0.39 is 0 Å². The van der Waals surface area contributed by atoms with Gasteiger partial charge in [-0.15, -0.1) is 11.3 Å². The van der Waals surface area contributed by atoms with Crippen LogP contribution in [-0.4, -0.2) is 48.6 Å². The molecule has 0 aromatic carbocycles. The molecule has 0 radical (unpaired) electrons. The van der Waals surface area contributed by atoms with Crippen LogP contribution in [0.15, 0.2) is 11.6 Å². The van der Waals surface area contributed by atoms with Crippen LogP contribution >= 0.6 is 11.3 Å². The summed E-state index contributed by atoms with van der Waals surface area (Å²) >= 11 is 1.73. The molecule has 1 aliphatic heterocycles. The molecule has 0 saturated carbocycles. The van der Waals surface area contributed by atoms with E-state index in [1.165, 1.54) is 0 Å². The lowest BCUT2D eigenvalue weighted by Gasteiger charge is -2.34. The van der Waals surface area contributed by atoms with E-state index >= 15 is 0 Å². The Morgan fingerprint density at radius 2 is 2.19 bits per heavy atom. The standard InChI is InChI=1S/C11H20N4S/c1-10(12)2-4-14-5-7-15(8-6-14)11-13-3-9-16-11/h3,9-10H,2,4-8,12H2,1H3. The van der Waals surface area contributed by atoms with Gasteiger partial charge in [0.2, 0.25) is 0 Å². The number of anilines is 1. The summed E-state index contributed by atoms with van der Waals surface area (Å²) in [5.41, 5.74) is 5.77. The van der Waals surface area contributed by atoms with Crippen LogP contribution in [0.3, 0.4) is 0 Å². The maximum absolute atomic E-state index is 5.77. The zero-order valence-corrected chi connectivity index (χ0v) is 10.6. The first-order valence-corrected chi connectivity index (χ1v) is 6.76. The highest BCUT2D eigenvalue weighted by Crippen LogP contribution is 2.18. The van der Waals surface area contributed by atoms with Crippen molar-refractivity contribution in [3.63, 3.8) is 0 Å². The Labute approximate surface area is 101 Å². The molecule has 1 atom stereocenters. The summed E-state index contributed by atoms with van der Waals surface area (Å²) in [6.07, 6.45) is 2.97. The molecule has 90 valence electrons. The summed E-state index contributed by atoms with van der Waals surface area (Å²) < 4.78 is 0. The largest absolute Gasteiger partial charge is 0.346 e. The van der Waals surface area contributed by atoms with Crippen molar-refractivity contribution in [1.29, 1.82) is 0 Å². The molecular weight excluding hydrogens is 220 g/mol. The second-order valence-electron chi connectivity index (χ2n) is 4.41.